The number of carbonyl (C=O) groups excluding carboxylic acids is 1. The van der Waals surface area contributed by atoms with Gasteiger partial charge in [-0.2, -0.15) is 5.26 Å². The molecular formula is C25H19Cl2N3O4S. The van der Waals surface area contributed by atoms with Crippen LogP contribution in [0, 0.1) is 11.3 Å². The van der Waals surface area contributed by atoms with E-state index in [1.54, 1.807) is 18.2 Å². The number of carbonyl (C=O) groups is 1. The Morgan fingerprint density at radius 2 is 1.94 bits per heavy atom. The van der Waals surface area contributed by atoms with Crippen molar-refractivity contribution in [1.82, 2.24) is 4.57 Å². The average Bonchev–Trinajstić information content (AvgIpc) is 3.16. The van der Waals surface area contributed by atoms with Gasteiger partial charge in [0.1, 0.15) is 6.07 Å². The zero-order chi connectivity index (χ0) is 25.1. The Hall–Kier alpha value is -3.38. The number of thiazole rings is 1. The summed E-state index contributed by atoms with van der Waals surface area (Å²) in [6, 6.07) is 13.7. The second-order valence-corrected chi connectivity index (χ2v) is 9.28. The molecule has 0 bridgehead atoms. The first-order valence-corrected chi connectivity index (χ1v) is 12.1. The van der Waals surface area contributed by atoms with Gasteiger partial charge in [-0.05, 0) is 35.8 Å². The van der Waals surface area contributed by atoms with Crippen molar-refractivity contribution in [3.63, 3.8) is 0 Å². The number of fused-ring (bicyclic) bond motifs is 1. The molecule has 1 aliphatic heterocycles. The number of nitriles is 1. The molecule has 0 radical (unpaired) electrons. The average molecular weight is 528 g/mol. The van der Waals surface area contributed by atoms with Crippen LogP contribution in [0.15, 0.2) is 63.5 Å². The maximum absolute atomic E-state index is 13.6. The fraction of sp³-hybridized carbons (Fsp3) is 0.200. The molecule has 2 aromatic carbocycles. The van der Waals surface area contributed by atoms with E-state index in [1.807, 2.05) is 43.3 Å². The minimum atomic E-state index is -0.675. The minimum Gasteiger partial charge on any atom is -0.476 e. The van der Waals surface area contributed by atoms with Gasteiger partial charge in [0.25, 0.3) is 5.56 Å². The van der Waals surface area contributed by atoms with Crippen LogP contribution in [-0.4, -0.2) is 24.3 Å². The van der Waals surface area contributed by atoms with Crippen LogP contribution in [0.4, 0.5) is 0 Å². The zero-order valence-electron chi connectivity index (χ0n) is 18.7. The number of allylic oxidation sites excluding steroid dienone is 1. The molecule has 1 aromatic heterocycles. The maximum Gasteiger partial charge on any atom is 0.338 e. The van der Waals surface area contributed by atoms with E-state index in [0.717, 1.165) is 5.56 Å². The zero-order valence-corrected chi connectivity index (χ0v) is 21.1. The second-order valence-electron chi connectivity index (χ2n) is 7.46. The highest BCUT2D eigenvalue weighted by molar-refractivity contribution is 7.07. The molecule has 35 heavy (non-hydrogen) atoms. The van der Waals surface area contributed by atoms with Gasteiger partial charge in [0.15, 0.2) is 17.2 Å². The molecule has 0 fully saturated rings. The van der Waals surface area contributed by atoms with Crippen molar-refractivity contribution in [3.05, 3.63) is 94.6 Å². The second kappa shape index (κ2) is 10.5. The molecule has 0 unspecified atom stereocenters. The summed E-state index contributed by atoms with van der Waals surface area (Å²) >= 11 is 13.8. The summed E-state index contributed by atoms with van der Waals surface area (Å²) < 4.78 is 12.2. The number of benzene rings is 2. The van der Waals surface area contributed by atoms with Gasteiger partial charge in [-0.3, -0.25) is 9.36 Å². The molecule has 178 valence electrons. The van der Waals surface area contributed by atoms with Crippen molar-refractivity contribution in [2.45, 2.75) is 19.4 Å². The SMILES string of the molecule is CCC1=C(C(=O)OC)[C@H](c2ccccc2)n2c(s/c(=C\c3cc(Cl)c(OCC#N)c(Cl)c3)c2=O)=N1. The predicted molar refractivity (Wildman–Crippen MR) is 134 cm³/mol. The summed E-state index contributed by atoms with van der Waals surface area (Å²) in [6.45, 7) is 1.71. The maximum atomic E-state index is 13.6. The van der Waals surface area contributed by atoms with Crippen LogP contribution in [0.3, 0.4) is 0 Å². The molecule has 1 atom stereocenters. The number of rotatable bonds is 6. The third kappa shape index (κ3) is 4.76. The Morgan fingerprint density at radius 1 is 1.26 bits per heavy atom. The number of nitrogens with zero attached hydrogens (tertiary/aromatic N) is 3. The molecule has 0 N–H and O–H groups in total. The third-order valence-corrected chi connectivity index (χ3v) is 6.91. The van der Waals surface area contributed by atoms with Gasteiger partial charge >= 0.3 is 5.97 Å². The molecule has 4 rings (SSSR count). The Morgan fingerprint density at radius 3 is 2.54 bits per heavy atom. The molecule has 10 heteroatoms. The summed E-state index contributed by atoms with van der Waals surface area (Å²) in [5, 5.41) is 9.17. The fourth-order valence-electron chi connectivity index (χ4n) is 3.87. The van der Waals surface area contributed by atoms with Crippen LogP contribution in [0.1, 0.15) is 30.5 Å². The number of ether oxygens (including phenoxy) is 2. The highest BCUT2D eigenvalue weighted by Crippen LogP contribution is 2.35. The summed E-state index contributed by atoms with van der Waals surface area (Å²) in [7, 11) is 1.31. The number of halogens is 2. The molecule has 0 spiro atoms. The van der Waals surface area contributed by atoms with Gasteiger partial charge in [0.05, 0.1) is 39.0 Å². The first-order valence-electron chi connectivity index (χ1n) is 10.6. The Kier molecular flexibility index (Phi) is 7.41. The van der Waals surface area contributed by atoms with Gasteiger partial charge < -0.3 is 9.47 Å². The number of hydrogen-bond acceptors (Lipinski definition) is 7. The van der Waals surface area contributed by atoms with Crippen molar-refractivity contribution in [1.29, 1.82) is 5.26 Å². The van der Waals surface area contributed by atoms with Crippen molar-refractivity contribution in [2.24, 2.45) is 4.99 Å². The van der Waals surface area contributed by atoms with Gasteiger partial charge in [-0.15, -0.1) is 0 Å². The summed E-state index contributed by atoms with van der Waals surface area (Å²) in [5.41, 5.74) is 1.95. The van der Waals surface area contributed by atoms with Crippen LogP contribution in [-0.2, 0) is 9.53 Å². The molecule has 0 amide bonds. The molecule has 0 aliphatic carbocycles. The monoisotopic (exact) mass is 527 g/mol. The van der Waals surface area contributed by atoms with Crippen LogP contribution >= 0.6 is 34.5 Å². The van der Waals surface area contributed by atoms with E-state index in [2.05, 4.69) is 4.99 Å². The van der Waals surface area contributed by atoms with E-state index in [-0.39, 0.29) is 28.0 Å². The van der Waals surface area contributed by atoms with Gasteiger partial charge in [0.2, 0.25) is 0 Å². The molecule has 0 saturated heterocycles. The van der Waals surface area contributed by atoms with E-state index in [9.17, 15) is 9.59 Å². The molecule has 2 heterocycles. The van der Waals surface area contributed by atoms with Crippen LogP contribution in [0.5, 0.6) is 5.75 Å². The Balaban J connectivity index is 1.92. The standard InChI is InChI=1S/C25H19Cl2N3O4S/c1-3-18-20(24(32)33-2)21(15-7-5-4-6-8-15)30-23(31)19(35-25(30)29-18)13-14-11-16(26)22(17(27)12-14)34-10-9-28/h4-8,11-13,21H,3,10H2,1-2H3/b19-13-/t21-/m0/s1. The Labute approximate surface area is 214 Å². The lowest BCUT2D eigenvalue weighted by atomic mass is 9.95. The molecular weight excluding hydrogens is 509 g/mol. The normalized spacial score (nSPS) is 15.3. The van der Waals surface area contributed by atoms with E-state index < -0.39 is 12.0 Å². The number of aromatic nitrogens is 1. The van der Waals surface area contributed by atoms with Crippen molar-refractivity contribution in [3.8, 4) is 11.8 Å². The van der Waals surface area contributed by atoms with E-state index >= 15 is 0 Å². The van der Waals surface area contributed by atoms with Crippen LogP contribution in [0.25, 0.3) is 6.08 Å². The largest absolute Gasteiger partial charge is 0.476 e. The molecule has 1 aliphatic rings. The van der Waals surface area contributed by atoms with E-state index in [0.29, 0.717) is 32.6 Å². The van der Waals surface area contributed by atoms with Gasteiger partial charge in [-0.25, -0.2) is 9.79 Å². The molecule has 0 saturated carbocycles. The topological polar surface area (TPSA) is 93.7 Å². The predicted octanol–water partition coefficient (Wildman–Crippen LogP) is 4.01. The first kappa shape index (κ1) is 24.7. The Bertz CT molecular complexity index is 1530. The lowest BCUT2D eigenvalue weighted by molar-refractivity contribution is -0.136. The lowest BCUT2D eigenvalue weighted by Gasteiger charge is -2.25. The van der Waals surface area contributed by atoms with Crippen LogP contribution in [0.2, 0.25) is 10.0 Å². The van der Waals surface area contributed by atoms with Crippen molar-refractivity contribution >= 4 is 46.6 Å². The lowest BCUT2D eigenvalue weighted by Crippen LogP contribution is -2.40. The number of esters is 1. The van der Waals surface area contributed by atoms with Gasteiger partial charge in [0, 0.05) is 0 Å². The summed E-state index contributed by atoms with van der Waals surface area (Å²) in [6.07, 6.45) is 2.15. The van der Waals surface area contributed by atoms with E-state index in [4.69, 9.17) is 37.9 Å². The smallest absolute Gasteiger partial charge is 0.338 e. The number of hydrogen-bond donors (Lipinski definition) is 0. The van der Waals surface area contributed by atoms with E-state index in [1.165, 1.54) is 23.0 Å². The van der Waals surface area contributed by atoms with Gasteiger partial charge in [-0.1, -0.05) is 71.8 Å². The van der Waals surface area contributed by atoms with Crippen molar-refractivity contribution in [2.75, 3.05) is 13.7 Å². The molecule has 3 aromatic rings. The highest BCUT2D eigenvalue weighted by atomic mass is 35.5. The summed E-state index contributed by atoms with van der Waals surface area (Å²) in [5.74, 6) is -0.326. The summed E-state index contributed by atoms with van der Waals surface area (Å²) in [4.78, 5) is 31.5. The highest BCUT2D eigenvalue weighted by Gasteiger charge is 2.33. The quantitative estimate of drug-likeness (QED) is 0.451. The third-order valence-electron chi connectivity index (χ3n) is 5.36. The number of methoxy groups -OCH3 is 1. The molecule has 7 nitrogen and oxygen atoms in total. The van der Waals surface area contributed by atoms with Crippen LogP contribution < -0.4 is 19.6 Å². The first-order chi connectivity index (χ1) is 16.9. The fourth-order valence-corrected chi connectivity index (χ4v) is 5.50. The van der Waals surface area contributed by atoms with Crippen molar-refractivity contribution < 1.29 is 14.3 Å². The minimum absolute atomic E-state index is 0.195.